The Morgan fingerprint density at radius 2 is 1.95 bits per heavy atom. The van der Waals surface area contributed by atoms with Crippen LogP contribution in [0.1, 0.15) is 27.7 Å². The van der Waals surface area contributed by atoms with Crippen LogP contribution in [0.2, 0.25) is 0 Å². The number of benzene rings is 1. The van der Waals surface area contributed by atoms with Crippen LogP contribution in [0.5, 0.6) is 5.75 Å². The molecule has 0 fully saturated rings. The van der Waals surface area contributed by atoms with Crippen molar-refractivity contribution in [3.05, 3.63) is 18.2 Å². The van der Waals surface area contributed by atoms with Crippen LogP contribution in [0, 0.1) is 5.92 Å². The quantitative estimate of drug-likeness (QED) is 0.748. The van der Waals surface area contributed by atoms with Crippen LogP contribution < -0.4 is 21.1 Å². The summed E-state index contributed by atoms with van der Waals surface area (Å²) in [6.07, 6.45) is 0.0437. The van der Waals surface area contributed by atoms with Gasteiger partial charge in [0.25, 0.3) is 0 Å². The first-order chi connectivity index (χ1) is 9.29. The van der Waals surface area contributed by atoms with Gasteiger partial charge in [0, 0.05) is 18.3 Å². The zero-order chi connectivity index (χ0) is 15.3. The fraction of sp³-hybridized carbons (Fsp3) is 0.533. The zero-order valence-electron chi connectivity index (χ0n) is 12.7. The Morgan fingerprint density at radius 1 is 1.30 bits per heavy atom. The molecule has 0 heterocycles. The van der Waals surface area contributed by atoms with Gasteiger partial charge in [0.1, 0.15) is 5.75 Å². The zero-order valence-corrected chi connectivity index (χ0v) is 12.7. The van der Waals surface area contributed by atoms with Gasteiger partial charge < -0.3 is 21.1 Å². The molecule has 0 saturated carbocycles. The van der Waals surface area contributed by atoms with E-state index in [1.165, 1.54) is 0 Å². The van der Waals surface area contributed by atoms with Crippen molar-refractivity contribution in [2.24, 2.45) is 11.7 Å². The van der Waals surface area contributed by atoms with Crippen molar-refractivity contribution in [1.82, 2.24) is 0 Å². The highest BCUT2D eigenvalue weighted by Gasteiger charge is 2.14. The maximum Gasteiger partial charge on any atom is 0.236 e. The van der Waals surface area contributed by atoms with E-state index < -0.39 is 0 Å². The molecule has 0 spiro atoms. The Morgan fingerprint density at radius 3 is 2.45 bits per heavy atom. The van der Waals surface area contributed by atoms with Gasteiger partial charge in [-0.25, -0.2) is 0 Å². The van der Waals surface area contributed by atoms with Gasteiger partial charge in [0.2, 0.25) is 5.91 Å². The van der Waals surface area contributed by atoms with Crippen LogP contribution in [0.4, 0.5) is 11.4 Å². The van der Waals surface area contributed by atoms with Crippen molar-refractivity contribution in [2.75, 3.05) is 23.7 Å². The summed E-state index contributed by atoms with van der Waals surface area (Å²) in [7, 11) is 0. The van der Waals surface area contributed by atoms with E-state index >= 15 is 0 Å². The number of primary amides is 1. The number of nitrogens with zero attached hydrogens (tertiary/aromatic N) is 1. The van der Waals surface area contributed by atoms with Gasteiger partial charge in [-0.15, -0.1) is 0 Å². The number of rotatable bonds is 7. The van der Waals surface area contributed by atoms with Crippen LogP contribution in [0.15, 0.2) is 18.2 Å². The van der Waals surface area contributed by atoms with Gasteiger partial charge in [0.05, 0.1) is 18.3 Å². The average molecular weight is 279 g/mol. The molecule has 0 unspecified atom stereocenters. The number of carbonyl (C=O) groups is 1. The second-order valence-electron chi connectivity index (χ2n) is 5.63. The Balaban J connectivity index is 3.03. The minimum Gasteiger partial charge on any atom is -0.489 e. The first-order valence-electron chi connectivity index (χ1n) is 6.89. The molecule has 0 aromatic heterocycles. The maximum absolute atomic E-state index is 11.2. The summed E-state index contributed by atoms with van der Waals surface area (Å²) in [5.74, 6) is 0.700. The molecule has 112 valence electrons. The Hall–Kier alpha value is -1.91. The Kier molecular flexibility index (Phi) is 5.67. The van der Waals surface area contributed by atoms with Crippen molar-refractivity contribution in [3.8, 4) is 5.75 Å². The molecule has 4 N–H and O–H groups in total. The average Bonchev–Trinajstić information content (AvgIpc) is 2.29. The predicted octanol–water partition coefficient (Wildman–Crippen LogP) is 2.00. The summed E-state index contributed by atoms with van der Waals surface area (Å²) in [4.78, 5) is 13.2. The Labute approximate surface area is 120 Å². The third-order valence-electron chi connectivity index (χ3n) is 2.66. The first-order valence-corrected chi connectivity index (χ1v) is 6.89. The highest BCUT2D eigenvalue weighted by molar-refractivity contribution is 5.80. The van der Waals surface area contributed by atoms with Gasteiger partial charge in [-0.1, -0.05) is 13.8 Å². The molecular weight excluding hydrogens is 254 g/mol. The molecule has 5 nitrogen and oxygen atoms in total. The normalized spacial score (nSPS) is 10.9. The predicted molar refractivity (Wildman–Crippen MR) is 82.9 cm³/mol. The topological polar surface area (TPSA) is 81.6 Å². The molecule has 0 atom stereocenters. The maximum atomic E-state index is 11.2. The summed E-state index contributed by atoms with van der Waals surface area (Å²) in [6.45, 7) is 9.01. The van der Waals surface area contributed by atoms with E-state index in [2.05, 4.69) is 13.8 Å². The number of carbonyl (C=O) groups excluding carboxylic acids is 1. The molecule has 0 aliphatic rings. The Bertz CT molecular complexity index is 458. The van der Waals surface area contributed by atoms with E-state index in [1.807, 2.05) is 30.9 Å². The molecule has 0 radical (unpaired) electrons. The van der Waals surface area contributed by atoms with Gasteiger partial charge in [-0.2, -0.15) is 0 Å². The lowest BCUT2D eigenvalue weighted by Gasteiger charge is -2.26. The molecule has 1 amide bonds. The molecular formula is C15H25N3O2. The van der Waals surface area contributed by atoms with Gasteiger partial charge in [0.15, 0.2) is 0 Å². The number of ether oxygens (including phenoxy) is 1. The van der Waals surface area contributed by atoms with Crippen LogP contribution >= 0.6 is 0 Å². The van der Waals surface area contributed by atoms with Gasteiger partial charge >= 0.3 is 0 Å². The SMILES string of the molecule is CC(C)CN(CC(N)=O)c1ccc(N)c(OC(C)C)c1. The van der Waals surface area contributed by atoms with E-state index in [0.717, 1.165) is 12.2 Å². The minimum atomic E-state index is -0.353. The summed E-state index contributed by atoms with van der Waals surface area (Å²) < 4.78 is 5.68. The van der Waals surface area contributed by atoms with Crippen LogP contribution in [-0.2, 0) is 4.79 Å². The largest absolute Gasteiger partial charge is 0.489 e. The highest BCUT2D eigenvalue weighted by Crippen LogP contribution is 2.29. The van der Waals surface area contributed by atoms with E-state index in [4.69, 9.17) is 16.2 Å². The highest BCUT2D eigenvalue weighted by atomic mass is 16.5. The fourth-order valence-corrected chi connectivity index (χ4v) is 1.97. The van der Waals surface area contributed by atoms with Gasteiger partial charge in [-0.3, -0.25) is 4.79 Å². The second kappa shape index (κ2) is 7.03. The number of hydrogen-bond acceptors (Lipinski definition) is 4. The second-order valence-corrected chi connectivity index (χ2v) is 5.63. The summed E-state index contributed by atoms with van der Waals surface area (Å²) in [6, 6.07) is 5.54. The summed E-state index contributed by atoms with van der Waals surface area (Å²) >= 11 is 0. The van der Waals surface area contributed by atoms with Crippen LogP contribution in [0.25, 0.3) is 0 Å². The monoisotopic (exact) mass is 279 g/mol. The lowest BCUT2D eigenvalue weighted by atomic mass is 10.1. The molecule has 0 bridgehead atoms. The third-order valence-corrected chi connectivity index (χ3v) is 2.66. The molecule has 1 rings (SSSR count). The van der Waals surface area contributed by atoms with E-state index in [-0.39, 0.29) is 18.6 Å². The van der Waals surface area contributed by atoms with Gasteiger partial charge in [-0.05, 0) is 31.9 Å². The summed E-state index contributed by atoms with van der Waals surface area (Å²) in [5.41, 5.74) is 12.7. The standard InChI is InChI=1S/C15H25N3O2/c1-10(2)8-18(9-15(17)19)12-5-6-13(16)14(7-12)20-11(3)4/h5-7,10-11H,8-9,16H2,1-4H3,(H2,17,19). The minimum absolute atomic E-state index is 0.0437. The van der Waals surface area contributed by atoms with Crippen LogP contribution in [0.3, 0.4) is 0 Å². The number of nitrogens with two attached hydrogens (primary N) is 2. The number of amides is 1. The molecule has 0 saturated heterocycles. The third kappa shape index (κ3) is 4.99. The van der Waals surface area contributed by atoms with Crippen molar-refractivity contribution in [2.45, 2.75) is 33.8 Å². The lowest BCUT2D eigenvalue weighted by molar-refractivity contribution is -0.116. The van der Waals surface area contributed by atoms with E-state index in [0.29, 0.717) is 17.4 Å². The van der Waals surface area contributed by atoms with Crippen molar-refractivity contribution >= 4 is 17.3 Å². The molecule has 1 aromatic rings. The van der Waals surface area contributed by atoms with Crippen molar-refractivity contribution in [1.29, 1.82) is 0 Å². The number of nitrogen functional groups attached to an aromatic ring is 1. The first kappa shape index (κ1) is 16.1. The van der Waals surface area contributed by atoms with Crippen molar-refractivity contribution in [3.63, 3.8) is 0 Å². The number of hydrogen-bond donors (Lipinski definition) is 2. The molecule has 0 aliphatic carbocycles. The molecule has 1 aromatic carbocycles. The molecule has 20 heavy (non-hydrogen) atoms. The number of anilines is 2. The molecule has 0 aliphatic heterocycles. The van der Waals surface area contributed by atoms with Crippen molar-refractivity contribution < 1.29 is 9.53 Å². The summed E-state index contributed by atoms with van der Waals surface area (Å²) in [5, 5.41) is 0. The smallest absolute Gasteiger partial charge is 0.236 e. The van der Waals surface area contributed by atoms with E-state index in [9.17, 15) is 4.79 Å². The molecule has 5 heteroatoms. The van der Waals surface area contributed by atoms with Crippen LogP contribution in [-0.4, -0.2) is 25.1 Å². The lowest BCUT2D eigenvalue weighted by Crippen LogP contribution is -2.36. The fourth-order valence-electron chi connectivity index (χ4n) is 1.97. The van der Waals surface area contributed by atoms with E-state index in [1.54, 1.807) is 6.07 Å².